The van der Waals surface area contributed by atoms with E-state index in [0.29, 0.717) is 22.6 Å². The number of amides is 2. The Bertz CT molecular complexity index is 1410. The van der Waals surface area contributed by atoms with Crippen LogP contribution in [0.15, 0.2) is 101 Å². The molecule has 1 aromatic heterocycles. The predicted molar refractivity (Wildman–Crippen MR) is 136 cm³/mol. The lowest BCUT2D eigenvalue weighted by molar-refractivity contribution is -0.384. The maximum atomic E-state index is 13.0. The molecular weight excluding hydrogens is 458 g/mol. The molecule has 0 bridgehead atoms. The summed E-state index contributed by atoms with van der Waals surface area (Å²) in [6.45, 7) is 2.20. The first-order valence-electron chi connectivity index (χ1n) is 11.2. The van der Waals surface area contributed by atoms with Crippen molar-refractivity contribution in [3.05, 3.63) is 129 Å². The second-order valence-corrected chi connectivity index (χ2v) is 8.05. The van der Waals surface area contributed by atoms with E-state index < -0.39 is 16.7 Å². The molecule has 0 atom stereocenters. The molecule has 8 heteroatoms. The second kappa shape index (κ2) is 11.0. The fourth-order valence-corrected chi connectivity index (χ4v) is 3.41. The average molecular weight is 482 g/mol. The minimum absolute atomic E-state index is 0.0149. The van der Waals surface area contributed by atoms with E-state index in [9.17, 15) is 19.7 Å². The first-order chi connectivity index (χ1) is 17.4. The van der Waals surface area contributed by atoms with E-state index in [1.165, 1.54) is 18.2 Å². The van der Waals surface area contributed by atoms with E-state index in [1.54, 1.807) is 36.4 Å². The van der Waals surface area contributed by atoms with Gasteiger partial charge in [0.25, 0.3) is 17.5 Å². The maximum absolute atomic E-state index is 13.0. The summed E-state index contributed by atoms with van der Waals surface area (Å²) in [5, 5.41) is 16.4. The molecule has 0 unspecified atom stereocenters. The van der Waals surface area contributed by atoms with E-state index in [4.69, 9.17) is 4.42 Å². The van der Waals surface area contributed by atoms with Crippen LogP contribution in [-0.4, -0.2) is 16.7 Å². The van der Waals surface area contributed by atoms with Gasteiger partial charge in [-0.15, -0.1) is 0 Å². The standard InChI is InChI=1S/C28H23N3O5/c1-19-7-9-22(10-8-19)27(32)30-25(28(33)29-18-20-5-3-2-4-6-20)17-24-15-16-26(36-24)21-11-13-23(14-12-21)31(34)35/h2-17H,18H2,1H3,(H,29,33)(H,30,32). The normalized spacial score (nSPS) is 11.1. The van der Waals surface area contributed by atoms with Gasteiger partial charge in [-0.05, 0) is 48.9 Å². The zero-order valence-electron chi connectivity index (χ0n) is 19.4. The van der Waals surface area contributed by atoms with Crippen molar-refractivity contribution in [3.63, 3.8) is 0 Å². The van der Waals surface area contributed by atoms with Crippen molar-refractivity contribution >= 4 is 23.6 Å². The molecule has 0 aliphatic carbocycles. The highest BCUT2D eigenvalue weighted by Crippen LogP contribution is 2.25. The lowest BCUT2D eigenvalue weighted by Gasteiger charge is -2.11. The van der Waals surface area contributed by atoms with E-state index in [1.807, 2.05) is 49.4 Å². The van der Waals surface area contributed by atoms with Gasteiger partial charge in [-0.25, -0.2) is 0 Å². The number of aryl methyl sites for hydroxylation is 1. The van der Waals surface area contributed by atoms with E-state index >= 15 is 0 Å². The lowest BCUT2D eigenvalue weighted by atomic mass is 10.1. The molecule has 0 radical (unpaired) electrons. The van der Waals surface area contributed by atoms with Crippen molar-refractivity contribution in [2.24, 2.45) is 0 Å². The predicted octanol–water partition coefficient (Wildman–Crippen LogP) is 5.25. The molecule has 0 fully saturated rings. The van der Waals surface area contributed by atoms with Crippen LogP contribution < -0.4 is 10.6 Å². The van der Waals surface area contributed by atoms with Crippen LogP contribution in [-0.2, 0) is 11.3 Å². The monoisotopic (exact) mass is 481 g/mol. The highest BCUT2D eigenvalue weighted by molar-refractivity contribution is 6.05. The summed E-state index contributed by atoms with van der Waals surface area (Å²) in [6, 6.07) is 25.7. The molecule has 36 heavy (non-hydrogen) atoms. The maximum Gasteiger partial charge on any atom is 0.269 e. The van der Waals surface area contributed by atoms with E-state index in [2.05, 4.69) is 10.6 Å². The molecule has 3 aromatic carbocycles. The van der Waals surface area contributed by atoms with E-state index in [0.717, 1.165) is 11.1 Å². The Labute approximate surface area is 207 Å². The summed E-state index contributed by atoms with van der Waals surface area (Å²) in [6.07, 6.45) is 1.45. The summed E-state index contributed by atoms with van der Waals surface area (Å²) < 4.78 is 5.84. The summed E-state index contributed by atoms with van der Waals surface area (Å²) in [5.41, 5.74) is 2.96. The summed E-state index contributed by atoms with van der Waals surface area (Å²) in [7, 11) is 0. The van der Waals surface area contributed by atoms with Crippen molar-refractivity contribution in [2.45, 2.75) is 13.5 Å². The third-order valence-electron chi connectivity index (χ3n) is 5.38. The van der Waals surface area contributed by atoms with Crippen LogP contribution in [0.5, 0.6) is 0 Å². The average Bonchev–Trinajstić information content (AvgIpc) is 3.36. The number of benzene rings is 3. The Morgan fingerprint density at radius 2 is 1.61 bits per heavy atom. The van der Waals surface area contributed by atoms with Crippen LogP contribution in [0.3, 0.4) is 0 Å². The molecule has 4 aromatic rings. The van der Waals surface area contributed by atoms with Gasteiger partial charge in [0, 0.05) is 35.9 Å². The molecule has 2 amide bonds. The van der Waals surface area contributed by atoms with Crippen molar-refractivity contribution in [3.8, 4) is 11.3 Å². The third kappa shape index (κ3) is 6.12. The molecule has 2 N–H and O–H groups in total. The number of carbonyl (C=O) groups excluding carboxylic acids is 2. The second-order valence-electron chi connectivity index (χ2n) is 8.05. The smallest absolute Gasteiger partial charge is 0.269 e. The summed E-state index contributed by atoms with van der Waals surface area (Å²) in [4.78, 5) is 36.3. The van der Waals surface area contributed by atoms with Crippen LogP contribution >= 0.6 is 0 Å². The number of nitrogens with one attached hydrogen (secondary N) is 2. The van der Waals surface area contributed by atoms with Crippen molar-refractivity contribution < 1.29 is 18.9 Å². The van der Waals surface area contributed by atoms with Gasteiger partial charge in [-0.1, -0.05) is 48.0 Å². The minimum Gasteiger partial charge on any atom is -0.457 e. The van der Waals surface area contributed by atoms with Gasteiger partial charge in [0.2, 0.25) is 0 Å². The Hall–Kier alpha value is -4.98. The number of nitrogens with zero attached hydrogens (tertiary/aromatic N) is 1. The number of non-ortho nitro benzene ring substituents is 1. The Morgan fingerprint density at radius 3 is 2.28 bits per heavy atom. The quantitative estimate of drug-likeness (QED) is 0.203. The molecule has 0 saturated carbocycles. The van der Waals surface area contributed by atoms with Crippen LogP contribution in [0.2, 0.25) is 0 Å². The zero-order chi connectivity index (χ0) is 25.5. The van der Waals surface area contributed by atoms with Crippen LogP contribution in [0.25, 0.3) is 17.4 Å². The molecule has 1 heterocycles. The number of hydrogen-bond acceptors (Lipinski definition) is 5. The summed E-state index contributed by atoms with van der Waals surface area (Å²) in [5.74, 6) is -0.117. The first-order valence-corrected chi connectivity index (χ1v) is 11.2. The Morgan fingerprint density at radius 1 is 0.917 bits per heavy atom. The molecule has 0 spiro atoms. The minimum atomic E-state index is -0.479. The van der Waals surface area contributed by atoms with E-state index in [-0.39, 0.29) is 17.9 Å². The highest BCUT2D eigenvalue weighted by Gasteiger charge is 2.16. The van der Waals surface area contributed by atoms with Gasteiger partial charge in [0.15, 0.2) is 0 Å². The van der Waals surface area contributed by atoms with Crippen LogP contribution in [0.4, 0.5) is 5.69 Å². The van der Waals surface area contributed by atoms with Gasteiger partial charge in [0.05, 0.1) is 4.92 Å². The topological polar surface area (TPSA) is 114 Å². The van der Waals surface area contributed by atoms with Gasteiger partial charge < -0.3 is 15.1 Å². The number of nitro benzene ring substituents is 1. The van der Waals surface area contributed by atoms with Gasteiger partial charge in [0.1, 0.15) is 17.2 Å². The molecule has 8 nitrogen and oxygen atoms in total. The van der Waals surface area contributed by atoms with Gasteiger partial charge in [-0.2, -0.15) is 0 Å². The van der Waals surface area contributed by atoms with Crippen molar-refractivity contribution in [1.29, 1.82) is 0 Å². The van der Waals surface area contributed by atoms with Crippen molar-refractivity contribution in [2.75, 3.05) is 0 Å². The lowest BCUT2D eigenvalue weighted by Crippen LogP contribution is -2.34. The zero-order valence-corrected chi connectivity index (χ0v) is 19.4. The number of carbonyl (C=O) groups is 2. The van der Waals surface area contributed by atoms with Crippen LogP contribution in [0.1, 0.15) is 27.2 Å². The molecule has 0 aliphatic heterocycles. The SMILES string of the molecule is Cc1ccc(C(=O)NC(=Cc2ccc(-c3ccc([N+](=O)[O-])cc3)o2)C(=O)NCc2ccccc2)cc1. The highest BCUT2D eigenvalue weighted by atomic mass is 16.6. The largest absolute Gasteiger partial charge is 0.457 e. The molecule has 4 rings (SSSR count). The number of nitro groups is 1. The third-order valence-corrected chi connectivity index (χ3v) is 5.38. The van der Waals surface area contributed by atoms with Crippen LogP contribution in [0, 0.1) is 17.0 Å². The number of furan rings is 1. The molecular formula is C28H23N3O5. The van der Waals surface area contributed by atoms with Gasteiger partial charge in [-0.3, -0.25) is 19.7 Å². The Kier molecular flexibility index (Phi) is 7.36. The molecule has 0 saturated heterocycles. The Balaban J connectivity index is 1.57. The van der Waals surface area contributed by atoms with Gasteiger partial charge >= 0.3 is 0 Å². The molecule has 180 valence electrons. The number of hydrogen-bond donors (Lipinski definition) is 2. The fourth-order valence-electron chi connectivity index (χ4n) is 3.41. The first kappa shape index (κ1) is 24.2. The summed E-state index contributed by atoms with van der Waals surface area (Å²) >= 11 is 0. The molecule has 0 aliphatic rings. The van der Waals surface area contributed by atoms with Crippen molar-refractivity contribution in [1.82, 2.24) is 10.6 Å². The number of rotatable bonds is 8. The fraction of sp³-hybridized carbons (Fsp3) is 0.0714.